The number of fused-ring (bicyclic) bond motifs is 1. The summed E-state index contributed by atoms with van der Waals surface area (Å²) in [5.41, 5.74) is 1.94. The average Bonchev–Trinajstić information content (AvgIpc) is 3.65. The van der Waals surface area contributed by atoms with Crippen LogP contribution in [0, 0.1) is 17.8 Å². The van der Waals surface area contributed by atoms with Crippen LogP contribution in [0.4, 0.5) is 5.69 Å². The Kier molecular flexibility index (Phi) is 5.92. The number of carbonyl (C=O) groups is 1. The van der Waals surface area contributed by atoms with Crippen LogP contribution in [0.2, 0.25) is 0 Å². The minimum Gasteiger partial charge on any atom is -0.390 e. The number of hydrogen-bond acceptors (Lipinski definition) is 8. The third-order valence-electron chi connectivity index (χ3n) is 10.6. The first-order valence-corrected chi connectivity index (χ1v) is 15.4. The summed E-state index contributed by atoms with van der Waals surface area (Å²) in [6.07, 6.45) is 14.6. The van der Waals surface area contributed by atoms with Gasteiger partial charge in [-0.3, -0.25) is 4.79 Å². The van der Waals surface area contributed by atoms with E-state index in [2.05, 4.69) is 30.3 Å². The highest BCUT2D eigenvalue weighted by atomic mass is 16.5. The summed E-state index contributed by atoms with van der Waals surface area (Å²) in [5, 5.41) is 20.1. The van der Waals surface area contributed by atoms with Crippen molar-refractivity contribution in [2.75, 3.05) is 31.5 Å². The maximum absolute atomic E-state index is 13.4. The van der Waals surface area contributed by atoms with Crippen LogP contribution in [0.3, 0.4) is 0 Å². The number of carbonyl (C=O) groups excluding carboxylic acids is 1. The lowest BCUT2D eigenvalue weighted by Gasteiger charge is -2.58. The van der Waals surface area contributed by atoms with Gasteiger partial charge in [-0.1, -0.05) is 11.6 Å². The first-order chi connectivity index (χ1) is 19.5. The zero-order valence-electron chi connectivity index (χ0n) is 23.0. The van der Waals surface area contributed by atoms with E-state index in [1.165, 1.54) is 45.2 Å². The highest BCUT2D eigenvalue weighted by Gasteiger charge is 2.55. The smallest absolute Gasteiger partial charge is 0.295 e. The Morgan fingerprint density at radius 1 is 1.07 bits per heavy atom. The molecule has 2 saturated heterocycles. The Morgan fingerprint density at radius 2 is 1.85 bits per heavy atom. The summed E-state index contributed by atoms with van der Waals surface area (Å²) in [7, 11) is 0. The highest BCUT2D eigenvalue weighted by Crippen LogP contribution is 2.56. The molecule has 40 heavy (non-hydrogen) atoms. The monoisotopic (exact) mass is 545 g/mol. The van der Waals surface area contributed by atoms with Crippen molar-refractivity contribution < 1.29 is 14.4 Å². The minimum atomic E-state index is -0.483. The van der Waals surface area contributed by atoms with Gasteiger partial charge in [0.2, 0.25) is 0 Å². The summed E-state index contributed by atoms with van der Waals surface area (Å²) in [4.78, 5) is 30.3. The molecule has 0 radical (unpaired) electrons. The van der Waals surface area contributed by atoms with Gasteiger partial charge >= 0.3 is 0 Å². The second kappa shape index (κ2) is 9.55. The number of pyridine rings is 1. The van der Waals surface area contributed by atoms with Crippen LogP contribution >= 0.6 is 0 Å². The molecule has 5 heterocycles. The number of nitrogens with one attached hydrogen (secondary N) is 2. The van der Waals surface area contributed by atoms with Gasteiger partial charge in [0, 0.05) is 43.0 Å². The summed E-state index contributed by atoms with van der Waals surface area (Å²) in [5.74, 6) is 1.79. The molecule has 0 spiro atoms. The molecule has 4 saturated carbocycles. The number of aliphatic hydroxyl groups is 1. The second-order valence-corrected chi connectivity index (χ2v) is 13.2. The maximum atomic E-state index is 13.4. The van der Waals surface area contributed by atoms with Gasteiger partial charge < -0.3 is 29.7 Å². The van der Waals surface area contributed by atoms with Crippen molar-refractivity contribution in [3.63, 3.8) is 0 Å². The number of aromatic nitrogens is 4. The standard InChI is InChI=1S/C30H39N7O3/c38-29(37-10-5-21(6-11-37)36-8-2-1-3-9-36)27-34-28(40-35-27)23-17-32-26-22(4-7-31-26)25(23)33-24-19-12-18-13-20(24)16-30(39,14-18)15-19/h4,7,17-21,24,39H,1-3,5-6,8-16H2,(H2,31,32,33). The maximum Gasteiger partial charge on any atom is 0.295 e. The molecule has 4 aliphatic carbocycles. The topological polar surface area (TPSA) is 123 Å². The molecule has 2 aliphatic heterocycles. The molecular formula is C30H39N7O3. The van der Waals surface area contributed by atoms with E-state index in [0.717, 1.165) is 67.5 Å². The lowest BCUT2D eigenvalue weighted by atomic mass is 9.52. The molecule has 9 rings (SSSR count). The minimum absolute atomic E-state index is 0.114. The molecule has 2 unspecified atom stereocenters. The normalized spacial score (nSPS) is 32.7. The fourth-order valence-electron chi connectivity index (χ4n) is 8.99. The van der Waals surface area contributed by atoms with E-state index in [1.807, 2.05) is 17.2 Å². The van der Waals surface area contributed by atoms with E-state index < -0.39 is 5.60 Å². The quantitative estimate of drug-likeness (QED) is 0.439. The largest absolute Gasteiger partial charge is 0.390 e. The fourth-order valence-corrected chi connectivity index (χ4v) is 8.99. The third-order valence-corrected chi connectivity index (χ3v) is 10.6. The van der Waals surface area contributed by atoms with Gasteiger partial charge in [-0.15, -0.1) is 0 Å². The molecule has 6 fully saturated rings. The molecule has 10 nitrogen and oxygen atoms in total. The Bertz CT molecular complexity index is 1390. The summed E-state index contributed by atoms with van der Waals surface area (Å²) in [6, 6.07) is 2.87. The predicted octanol–water partition coefficient (Wildman–Crippen LogP) is 4.05. The molecule has 0 aromatic carbocycles. The summed E-state index contributed by atoms with van der Waals surface area (Å²) >= 11 is 0. The molecule has 1 amide bonds. The molecule has 3 aromatic heterocycles. The summed E-state index contributed by atoms with van der Waals surface area (Å²) < 4.78 is 5.72. The number of amides is 1. The van der Waals surface area contributed by atoms with Crippen molar-refractivity contribution in [3.05, 3.63) is 24.3 Å². The van der Waals surface area contributed by atoms with E-state index in [9.17, 15) is 9.90 Å². The van der Waals surface area contributed by atoms with Gasteiger partial charge in [-0.2, -0.15) is 4.98 Å². The van der Waals surface area contributed by atoms with Crippen molar-refractivity contribution in [1.29, 1.82) is 0 Å². The van der Waals surface area contributed by atoms with E-state index in [-0.39, 0.29) is 17.8 Å². The lowest BCUT2D eigenvalue weighted by molar-refractivity contribution is -0.129. The van der Waals surface area contributed by atoms with Gasteiger partial charge in [-0.25, -0.2) is 4.98 Å². The first-order valence-electron chi connectivity index (χ1n) is 15.4. The molecular weight excluding hydrogens is 506 g/mol. The molecule has 212 valence electrons. The van der Waals surface area contributed by atoms with E-state index in [0.29, 0.717) is 29.7 Å². The number of anilines is 1. The van der Waals surface area contributed by atoms with Crippen molar-refractivity contribution in [2.45, 2.75) is 81.9 Å². The van der Waals surface area contributed by atoms with E-state index >= 15 is 0 Å². The van der Waals surface area contributed by atoms with Crippen LogP contribution in [0.25, 0.3) is 22.5 Å². The molecule has 3 N–H and O–H groups in total. The van der Waals surface area contributed by atoms with Gasteiger partial charge in [-0.05, 0) is 94.7 Å². The Hall–Kier alpha value is -2.98. The number of piperidine rings is 2. The predicted molar refractivity (Wildman–Crippen MR) is 150 cm³/mol. The SMILES string of the molecule is O=C(c1noc(-c2cnc3[nH]ccc3c2NC2C3CC4CC2CC(O)(C4)C3)n1)N1CCC(N2CCCCC2)CC1. The van der Waals surface area contributed by atoms with E-state index in [4.69, 9.17) is 4.52 Å². The molecule has 6 aliphatic rings. The molecule has 2 atom stereocenters. The van der Waals surface area contributed by atoms with Crippen molar-refractivity contribution in [3.8, 4) is 11.5 Å². The van der Waals surface area contributed by atoms with Gasteiger partial charge in [0.1, 0.15) is 5.65 Å². The summed E-state index contributed by atoms with van der Waals surface area (Å²) in [6.45, 7) is 3.83. The van der Waals surface area contributed by atoms with Crippen molar-refractivity contribution in [2.24, 2.45) is 17.8 Å². The number of nitrogens with zero attached hydrogens (tertiary/aromatic N) is 5. The number of rotatable bonds is 5. The number of hydrogen-bond donors (Lipinski definition) is 3. The van der Waals surface area contributed by atoms with Crippen molar-refractivity contribution >= 4 is 22.6 Å². The highest BCUT2D eigenvalue weighted by molar-refractivity contribution is 5.97. The second-order valence-electron chi connectivity index (χ2n) is 13.2. The average molecular weight is 546 g/mol. The van der Waals surface area contributed by atoms with Crippen LogP contribution in [-0.2, 0) is 0 Å². The van der Waals surface area contributed by atoms with Gasteiger partial charge in [0.25, 0.3) is 17.6 Å². The van der Waals surface area contributed by atoms with Crippen LogP contribution in [0.5, 0.6) is 0 Å². The fraction of sp³-hybridized carbons (Fsp3) is 0.667. The van der Waals surface area contributed by atoms with E-state index in [1.54, 1.807) is 6.20 Å². The van der Waals surface area contributed by atoms with Crippen LogP contribution in [-0.4, -0.2) is 84.8 Å². The van der Waals surface area contributed by atoms with Gasteiger partial charge in [0.15, 0.2) is 0 Å². The molecule has 3 aromatic rings. The zero-order valence-corrected chi connectivity index (χ0v) is 23.0. The zero-order chi connectivity index (χ0) is 26.8. The lowest BCUT2D eigenvalue weighted by Crippen LogP contribution is -2.59. The Balaban J connectivity index is 1.03. The first kappa shape index (κ1) is 24.8. The number of H-pyrrole nitrogens is 1. The molecule has 10 heteroatoms. The van der Waals surface area contributed by atoms with Crippen LogP contribution < -0.4 is 5.32 Å². The van der Waals surface area contributed by atoms with Crippen LogP contribution in [0.15, 0.2) is 23.0 Å². The van der Waals surface area contributed by atoms with Gasteiger partial charge in [0.05, 0.1) is 16.9 Å². The van der Waals surface area contributed by atoms with Crippen molar-refractivity contribution in [1.82, 2.24) is 29.9 Å². The Morgan fingerprint density at radius 3 is 2.60 bits per heavy atom. The Labute approximate surface area is 233 Å². The molecule has 4 bridgehead atoms. The number of aromatic amines is 1. The number of likely N-dealkylation sites (tertiary alicyclic amines) is 2. The third kappa shape index (κ3) is 4.22. The van der Waals surface area contributed by atoms with Crippen LogP contribution in [0.1, 0.15) is 74.8 Å².